The SMILES string of the molecule is C=CCn1c(SCC(=O)Nc2ccccc2C(F)(F)F)nnc1-c1ccoc1C. The molecule has 1 N–H and O–H groups in total. The normalized spacial score (nSPS) is 11.4. The lowest BCUT2D eigenvalue weighted by molar-refractivity contribution is -0.137. The number of nitrogens with one attached hydrogen (secondary N) is 1. The lowest BCUT2D eigenvalue weighted by Gasteiger charge is -2.13. The van der Waals surface area contributed by atoms with Gasteiger partial charge in [0.1, 0.15) is 5.76 Å². The largest absolute Gasteiger partial charge is 0.469 e. The molecule has 0 bridgehead atoms. The third-order valence-corrected chi connectivity index (χ3v) is 4.93. The van der Waals surface area contributed by atoms with Crippen LogP contribution in [0.3, 0.4) is 0 Å². The maximum atomic E-state index is 13.1. The predicted molar refractivity (Wildman–Crippen MR) is 103 cm³/mol. The molecule has 2 heterocycles. The number of halogens is 3. The Morgan fingerprint density at radius 2 is 2.07 bits per heavy atom. The van der Waals surface area contributed by atoms with Crippen LogP contribution in [-0.2, 0) is 17.5 Å². The van der Waals surface area contributed by atoms with Gasteiger partial charge in [0, 0.05) is 6.54 Å². The molecule has 0 unspecified atom stereocenters. The van der Waals surface area contributed by atoms with Crippen LogP contribution in [0.1, 0.15) is 11.3 Å². The number of aryl methyl sites for hydroxylation is 1. The van der Waals surface area contributed by atoms with Crippen LogP contribution in [0.2, 0.25) is 0 Å². The van der Waals surface area contributed by atoms with E-state index < -0.39 is 17.6 Å². The molecule has 0 saturated carbocycles. The van der Waals surface area contributed by atoms with Gasteiger partial charge < -0.3 is 9.73 Å². The topological polar surface area (TPSA) is 73.0 Å². The van der Waals surface area contributed by atoms with E-state index >= 15 is 0 Å². The highest BCUT2D eigenvalue weighted by atomic mass is 32.2. The van der Waals surface area contributed by atoms with E-state index in [9.17, 15) is 18.0 Å². The van der Waals surface area contributed by atoms with Crippen LogP contribution in [0.5, 0.6) is 0 Å². The number of nitrogens with zero attached hydrogens (tertiary/aromatic N) is 3. The summed E-state index contributed by atoms with van der Waals surface area (Å²) in [5.74, 6) is 0.509. The van der Waals surface area contributed by atoms with Gasteiger partial charge in [0.25, 0.3) is 0 Å². The van der Waals surface area contributed by atoms with Gasteiger partial charge in [-0.2, -0.15) is 13.2 Å². The fourth-order valence-corrected chi connectivity index (χ4v) is 3.41. The van der Waals surface area contributed by atoms with Gasteiger partial charge in [-0.15, -0.1) is 16.8 Å². The monoisotopic (exact) mass is 422 g/mol. The quantitative estimate of drug-likeness (QED) is 0.438. The molecule has 0 radical (unpaired) electrons. The molecule has 6 nitrogen and oxygen atoms in total. The second kappa shape index (κ2) is 8.56. The van der Waals surface area contributed by atoms with Gasteiger partial charge >= 0.3 is 6.18 Å². The number of alkyl halides is 3. The maximum absolute atomic E-state index is 13.1. The Kier molecular flexibility index (Phi) is 6.12. The lowest BCUT2D eigenvalue weighted by Crippen LogP contribution is -2.18. The van der Waals surface area contributed by atoms with Crippen molar-refractivity contribution in [2.75, 3.05) is 11.1 Å². The standard InChI is InChI=1S/C19H17F3N4O2S/c1-3-9-26-17(13-8-10-28-12(13)2)24-25-18(26)29-11-16(27)23-15-7-5-4-6-14(15)19(20,21)22/h3-8,10H,1,9,11H2,2H3,(H,23,27). The first kappa shape index (κ1) is 20.7. The van der Waals surface area contributed by atoms with E-state index in [0.717, 1.165) is 23.4 Å². The van der Waals surface area contributed by atoms with Gasteiger partial charge in [-0.3, -0.25) is 9.36 Å². The summed E-state index contributed by atoms with van der Waals surface area (Å²) >= 11 is 1.07. The molecule has 29 heavy (non-hydrogen) atoms. The molecule has 2 aromatic heterocycles. The molecule has 0 spiro atoms. The van der Waals surface area contributed by atoms with Crippen LogP contribution >= 0.6 is 11.8 Å². The van der Waals surface area contributed by atoms with Gasteiger partial charge in [0.2, 0.25) is 5.91 Å². The molecule has 1 aromatic carbocycles. The zero-order valence-corrected chi connectivity index (χ0v) is 16.2. The number of furan rings is 1. The second-order valence-electron chi connectivity index (χ2n) is 5.98. The van der Waals surface area contributed by atoms with Crippen LogP contribution in [0.15, 0.2) is 58.8 Å². The van der Waals surface area contributed by atoms with Crippen LogP contribution in [0, 0.1) is 6.92 Å². The summed E-state index contributed by atoms with van der Waals surface area (Å²) in [4.78, 5) is 12.2. The Balaban J connectivity index is 1.74. The highest BCUT2D eigenvalue weighted by Crippen LogP contribution is 2.34. The first-order valence-corrected chi connectivity index (χ1v) is 9.47. The van der Waals surface area contributed by atoms with Crippen molar-refractivity contribution in [3.63, 3.8) is 0 Å². The molecule has 152 valence electrons. The van der Waals surface area contributed by atoms with E-state index in [2.05, 4.69) is 22.1 Å². The fraction of sp³-hybridized carbons (Fsp3) is 0.211. The Bertz CT molecular complexity index is 1030. The van der Waals surface area contributed by atoms with Crippen molar-refractivity contribution >= 4 is 23.4 Å². The third-order valence-electron chi connectivity index (χ3n) is 3.97. The molecular weight excluding hydrogens is 405 g/mol. The highest BCUT2D eigenvalue weighted by molar-refractivity contribution is 7.99. The molecular formula is C19H17F3N4O2S. The average Bonchev–Trinajstić information content (AvgIpc) is 3.25. The van der Waals surface area contributed by atoms with E-state index in [1.807, 2.05) is 0 Å². The zero-order chi connectivity index (χ0) is 21.0. The number of para-hydroxylation sites is 1. The fourth-order valence-electron chi connectivity index (χ4n) is 2.66. The van der Waals surface area contributed by atoms with E-state index in [0.29, 0.717) is 23.3 Å². The minimum Gasteiger partial charge on any atom is -0.469 e. The van der Waals surface area contributed by atoms with E-state index in [-0.39, 0.29) is 11.4 Å². The zero-order valence-electron chi connectivity index (χ0n) is 15.4. The van der Waals surface area contributed by atoms with Crippen molar-refractivity contribution in [3.05, 3.63) is 60.6 Å². The summed E-state index contributed by atoms with van der Waals surface area (Å²) in [5.41, 5.74) is -0.423. The minimum atomic E-state index is -4.56. The summed E-state index contributed by atoms with van der Waals surface area (Å²) in [6.45, 7) is 5.90. The molecule has 0 atom stereocenters. The number of carbonyl (C=O) groups is 1. The summed E-state index contributed by atoms with van der Waals surface area (Å²) in [5, 5.41) is 11.0. The summed E-state index contributed by atoms with van der Waals surface area (Å²) < 4.78 is 46.2. The third kappa shape index (κ3) is 4.70. The van der Waals surface area contributed by atoms with Gasteiger partial charge in [0.15, 0.2) is 11.0 Å². The Morgan fingerprint density at radius 1 is 1.31 bits per heavy atom. The number of hydrogen-bond donors (Lipinski definition) is 1. The predicted octanol–water partition coefficient (Wildman–Crippen LogP) is 4.78. The highest BCUT2D eigenvalue weighted by Gasteiger charge is 2.33. The molecule has 0 aliphatic heterocycles. The van der Waals surface area contributed by atoms with Crippen LogP contribution < -0.4 is 5.32 Å². The number of anilines is 1. The second-order valence-corrected chi connectivity index (χ2v) is 6.92. The summed E-state index contributed by atoms with van der Waals surface area (Å²) in [6, 6.07) is 6.59. The number of aromatic nitrogens is 3. The molecule has 0 fully saturated rings. The Hall–Kier alpha value is -3.01. The first-order chi connectivity index (χ1) is 13.8. The lowest BCUT2D eigenvalue weighted by atomic mass is 10.1. The molecule has 1 amide bonds. The van der Waals surface area contributed by atoms with Crippen molar-refractivity contribution in [3.8, 4) is 11.4 Å². The van der Waals surface area contributed by atoms with Crippen molar-refractivity contribution in [1.29, 1.82) is 0 Å². The number of allylic oxidation sites excluding steroid dienone is 1. The Labute approximate surface area is 168 Å². The summed E-state index contributed by atoms with van der Waals surface area (Å²) in [6.07, 6.45) is -1.36. The van der Waals surface area contributed by atoms with Gasteiger partial charge in [0.05, 0.1) is 28.8 Å². The number of benzene rings is 1. The van der Waals surface area contributed by atoms with E-state index in [1.165, 1.54) is 24.5 Å². The van der Waals surface area contributed by atoms with Crippen LogP contribution in [0.25, 0.3) is 11.4 Å². The van der Waals surface area contributed by atoms with Crippen molar-refractivity contribution < 1.29 is 22.4 Å². The molecule has 0 aliphatic rings. The number of amides is 1. The molecule has 3 aromatic rings. The number of thioether (sulfide) groups is 1. The minimum absolute atomic E-state index is 0.133. The van der Waals surface area contributed by atoms with Gasteiger partial charge in [-0.25, -0.2) is 0 Å². The van der Waals surface area contributed by atoms with Gasteiger partial charge in [-0.05, 0) is 25.1 Å². The number of hydrogen-bond acceptors (Lipinski definition) is 5. The molecule has 0 aliphatic carbocycles. The first-order valence-electron chi connectivity index (χ1n) is 8.48. The van der Waals surface area contributed by atoms with E-state index in [4.69, 9.17) is 4.42 Å². The molecule has 10 heteroatoms. The van der Waals surface area contributed by atoms with Crippen LogP contribution in [0.4, 0.5) is 18.9 Å². The van der Waals surface area contributed by atoms with Gasteiger partial charge in [-0.1, -0.05) is 30.0 Å². The Morgan fingerprint density at radius 3 is 2.72 bits per heavy atom. The number of carbonyl (C=O) groups excluding carboxylic acids is 1. The maximum Gasteiger partial charge on any atom is 0.418 e. The molecule has 0 saturated heterocycles. The number of rotatable bonds is 7. The van der Waals surface area contributed by atoms with Crippen LogP contribution in [-0.4, -0.2) is 26.4 Å². The summed E-state index contributed by atoms with van der Waals surface area (Å²) in [7, 11) is 0. The average molecular weight is 422 g/mol. The smallest absolute Gasteiger partial charge is 0.418 e. The van der Waals surface area contributed by atoms with Crippen molar-refractivity contribution in [2.24, 2.45) is 0 Å². The van der Waals surface area contributed by atoms with Crippen molar-refractivity contribution in [1.82, 2.24) is 14.8 Å². The van der Waals surface area contributed by atoms with Crippen molar-refractivity contribution in [2.45, 2.75) is 24.8 Å². The molecule has 3 rings (SSSR count). The van der Waals surface area contributed by atoms with E-state index in [1.54, 1.807) is 23.6 Å².